The van der Waals surface area contributed by atoms with Gasteiger partial charge in [0.05, 0.1) is 10.6 Å². The normalized spacial score (nSPS) is 15.4. The third-order valence-electron chi connectivity index (χ3n) is 3.90. The van der Waals surface area contributed by atoms with Gasteiger partial charge in [-0.25, -0.2) is 4.98 Å². The number of rotatable bonds is 4. The van der Waals surface area contributed by atoms with Crippen molar-refractivity contribution in [1.29, 1.82) is 0 Å². The van der Waals surface area contributed by atoms with E-state index in [1.807, 2.05) is 0 Å². The van der Waals surface area contributed by atoms with Crippen LogP contribution in [0.2, 0.25) is 5.02 Å². The number of aromatic nitrogens is 1. The molecule has 0 saturated carbocycles. The zero-order valence-corrected chi connectivity index (χ0v) is 16.7. The van der Waals surface area contributed by atoms with Gasteiger partial charge in [-0.1, -0.05) is 35.4 Å². The van der Waals surface area contributed by atoms with E-state index in [9.17, 15) is 13.6 Å². The van der Waals surface area contributed by atoms with Gasteiger partial charge in [-0.15, -0.1) is 8.78 Å². The molecule has 0 spiro atoms. The molecule has 3 N–H and O–H groups in total. The third kappa shape index (κ3) is 4.44. The number of nitrogens with two attached hydrogens (primary N) is 1. The van der Waals surface area contributed by atoms with Crippen LogP contribution in [0.1, 0.15) is 13.8 Å². The van der Waals surface area contributed by atoms with E-state index < -0.39 is 12.2 Å². The number of hydrogen-bond donors (Lipinski definition) is 2. The van der Waals surface area contributed by atoms with Crippen LogP contribution < -0.4 is 20.5 Å². The van der Waals surface area contributed by atoms with Crippen molar-refractivity contribution in [3.8, 4) is 22.6 Å². The molecule has 0 fully saturated rings. The number of halogens is 4. The molecule has 1 amide bonds. The zero-order chi connectivity index (χ0) is 21.3. The fourth-order valence-corrected chi connectivity index (χ4v) is 3.05. The van der Waals surface area contributed by atoms with Crippen LogP contribution in [0, 0.1) is 0 Å². The first kappa shape index (κ1) is 20.9. The van der Waals surface area contributed by atoms with Crippen molar-refractivity contribution in [3.05, 3.63) is 52.0 Å². The van der Waals surface area contributed by atoms with Crippen LogP contribution >= 0.6 is 23.2 Å². The Kier molecular flexibility index (Phi) is 5.68. The summed E-state index contributed by atoms with van der Waals surface area (Å²) in [6.45, 7) is 3.34. The first-order valence-electron chi connectivity index (χ1n) is 8.28. The maximum Gasteiger partial charge on any atom is 0.586 e. The summed E-state index contributed by atoms with van der Waals surface area (Å²) in [6.07, 6.45) is -0.519. The topological polar surface area (TPSA) is 86.5 Å². The molecule has 0 atom stereocenters. The second-order valence-corrected chi connectivity index (χ2v) is 6.95. The van der Waals surface area contributed by atoms with E-state index in [2.05, 4.69) is 19.8 Å². The number of pyridine rings is 1. The van der Waals surface area contributed by atoms with Crippen molar-refractivity contribution >= 4 is 40.7 Å². The lowest BCUT2D eigenvalue weighted by molar-refractivity contribution is -0.286. The molecule has 6 nitrogen and oxygen atoms in total. The molecule has 1 aliphatic rings. The first-order valence-corrected chi connectivity index (χ1v) is 9.03. The smallest absolute Gasteiger partial charge is 0.395 e. The van der Waals surface area contributed by atoms with Crippen LogP contribution in [0.5, 0.6) is 11.5 Å². The second-order valence-electron chi connectivity index (χ2n) is 5.98. The number of ether oxygens (including phenoxy) is 2. The van der Waals surface area contributed by atoms with Gasteiger partial charge < -0.3 is 20.5 Å². The monoisotopic (exact) mass is 441 g/mol. The molecule has 152 valence electrons. The van der Waals surface area contributed by atoms with Crippen molar-refractivity contribution in [2.45, 2.75) is 20.1 Å². The predicted molar refractivity (Wildman–Crippen MR) is 107 cm³/mol. The third-order valence-corrected chi connectivity index (χ3v) is 4.41. The van der Waals surface area contributed by atoms with E-state index in [0.717, 1.165) is 0 Å². The SMILES string of the molecule is CC=CC(C(=O)Nc1ccc(-c2cc3c(cc2Cl)OC(F)(F)O3)c(N)n1)=C(C)Cl. The summed E-state index contributed by atoms with van der Waals surface area (Å²) in [5, 5.41) is 3.03. The minimum atomic E-state index is -3.76. The fourth-order valence-electron chi connectivity index (χ4n) is 2.65. The lowest BCUT2D eigenvalue weighted by atomic mass is 10.1. The van der Waals surface area contributed by atoms with Crippen molar-refractivity contribution in [2.75, 3.05) is 11.1 Å². The Morgan fingerprint density at radius 1 is 1.24 bits per heavy atom. The Morgan fingerprint density at radius 3 is 2.48 bits per heavy atom. The maximum absolute atomic E-state index is 13.3. The summed E-state index contributed by atoms with van der Waals surface area (Å²) in [5.41, 5.74) is 6.96. The van der Waals surface area contributed by atoms with E-state index >= 15 is 0 Å². The number of carbonyl (C=O) groups is 1. The Balaban J connectivity index is 1.90. The molecule has 29 heavy (non-hydrogen) atoms. The van der Waals surface area contributed by atoms with E-state index in [1.165, 1.54) is 18.2 Å². The summed E-state index contributed by atoms with van der Waals surface area (Å²) in [7, 11) is 0. The van der Waals surface area contributed by atoms with Gasteiger partial charge in [0.2, 0.25) is 0 Å². The van der Waals surface area contributed by atoms with Crippen molar-refractivity contribution in [1.82, 2.24) is 4.98 Å². The number of nitrogen functional groups attached to an aromatic ring is 1. The minimum absolute atomic E-state index is 0.0227. The number of fused-ring (bicyclic) bond motifs is 1. The molecule has 3 rings (SSSR count). The van der Waals surface area contributed by atoms with Crippen LogP contribution in [0.25, 0.3) is 11.1 Å². The molecule has 2 heterocycles. The first-order chi connectivity index (χ1) is 13.6. The highest BCUT2D eigenvalue weighted by atomic mass is 35.5. The highest BCUT2D eigenvalue weighted by Gasteiger charge is 2.44. The largest absolute Gasteiger partial charge is 0.586 e. The predicted octanol–water partition coefficient (Wildman–Crippen LogP) is 5.33. The standard InChI is InChI=1S/C19H15Cl2F2N3O3/c1-3-4-10(9(2)20)18(27)26-16-6-5-11(17(24)25-16)12-7-14-15(8-13(12)21)29-19(22,23)28-14/h3-8H,1-2H3,(H3,24,25,26,27). The number of nitrogens with zero attached hydrogens (tertiary/aromatic N) is 1. The van der Waals surface area contributed by atoms with E-state index in [-0.39, 0.29) is 33.7 Å². The molecule has 0 radical (unpaired) electrons. The molecule has 2 aromatic rings. The average Bonchev–Trinajstić information content (AvgIpc) is 2.91. The van der Waals surface area contributed by atoms with Crippen molar-refractivity contribution in [3.63, 3.8) is 0 Å². The van der Waals surface area contributed by atoms with Gasteiger partial charge in [0.1, 0.15) is 11.6 Å². The number of nitrogens with one attached hydrogen (secondary N) is 1. The molecule has 1 aliphatic heterocycles. The fraction of sp³-hybridized carbons (Fsp3) is 0.158. The number of anilines is 2. The Labute approximate surface area is 174 Å². The number of benzene rings is 1. The minimum Gasteiger partial charge on any atom is -0.395 e. The summed E-state index contributed by atoms with van der Waals surface area (Å²) < 4.78 is 35.3. The highest BCUT2D eigenvalue weighted by Crippen LogP contribution is 2.46. The second kappa shape index (κ2) is 7.88. The number of hydrogen-bond acceptors (Lipinski definition) is 5. The van der Waals surface area contributed by atoms with Gasteiger partial charge in [0.25, 0.3) is 5.91 Å². The molecule has 0 unspecified atom stereocenters. The molecule has 1 aromatic heterocycles. The van der Waals surface area contributed by atoms with Crippen LogP contribution in [-0.2, 0) is 4.79 Å². The van der Waals surface area contributed by atoms with Crippen molar-refractivity contribution < 1.29 is 23.0 Å². The van der Waals surface area contributed by atoms with Gasteiger partial charge in [-0.2, -0.15) is 0 Å². The zero-order valence-electron chi connectivity index (χ0n) is 15.2. The summed E-state index contributed by atoms with van der Waals surface area (Å²) in [6, 6.07) is 5.54. The summed E-state index contributed by atoms with van der Waals surface area (Å²) >= 11 is 12.1. The number of alkyl halides is 2. The number of amides is 1. The molecule has 10 heteroatoms. The summed E-state index contributed by atoms with van der Waals surface area (Å²) in [4.78, 5) is 16.5. The number of allylic oxidation sites excluding steroid dienone is 2. The lowest BCUT2D eigenvalue weighted by Crippen LogP contribution is -2.25. The highest BCUT2D eigenvalue weighted by molar-refractivity contribution is 6.34. The lowest BCUT2D eigenvalue weighted by Gasteiger charge is -2.11. The molecule has 0 saturated heterocycles. The van der Waals surface area contributed by atoms with Crippen LogP contribution in [0.15, 0.2) is 47.0 Å². The van der Waals surface area contributed by atoms with Gasteiger partial charge in [0.15, 0.2) is 11.5 Å². The molecule has 0 aliphatic carbocycles. The molecular formula is C19H15Cl2F2N3O3. The summed E-state index contributed by atoms with van der Waals surface area (Å²) in [5.74, 6) is -0.614. The van der Waals surface area contributed by atoms with Crippen molar-refractivity contribution in [2.24, 2.45) is 0 Å². The maximum atomic E-state index is 13.3. The van der Waals surface area contributed by atoms with Gasteiger partial charge in [-0.05, 0) is 32.0 Å². The van der Waals surface area contributed by atoms with Gasteiger partial charge in [0, 0.05) is 22.2 Å². The van der Waals surface area contributed by atoms with Crippen LogP contribution in [0.4, 0.5) is 20.4 Å². The average molecular weight is 442 g/mol. The van der Waals surface area contributed by atoms with Crippen LogP contribution in [0.3, 0.4) is 0 Å². The molecule has 0 bridgehead atoms. The van der Waals surface area contributed by atoms with Crippen LogP contribution in [-0.4, -0.2) is 17.2 Å². The van der Waals surface area contributed by atoms with E-state index in [1.54, 1.807) is 32.1 Å². The van der Waals surface area contributed by atoms with E-state index in [0.29, 0.717) is 16.2 Å². The molecular weight excluding hydrogens is 427 g/mol. The Morgan fingerprint density at radius 2 is 1.90 bits per heavy atom. The Hall–Kier alpha value is -2.84. The van der Waals surface area contributed by atoms with E-state index in [4.69, 9.17) is 28.9 Å². The quantitative estimate of drug-likeness (QED) is 0.494. The number of carbonyl (C=O) groups excluding carboxylic acids is 1. The molecule has 1 aromatic carbocycles. The van der Waals surface area contributed by atoms with Gasteiger partial charge >= 0.3 is 6.29 Å². The Bertz CT molecular complexity index is 1050. The van der Waals surface area contributed by atoms with Gasteiger partial charge in [-0.3, -0.25) is 4.79 Å².